The molecule has 4 aromatic rings. The highest BCUT2D eigenvalue weighted by atomic mass is 19.4. The highest BCUT2D eigenvalue weighted by molar-refractivity contribution is 5.70. The number of alkyl halides is 3. The minimum absolute atomic E-state index is 0.0799. The summed E-state index contributed by atoms with van der Waals surface area (Å²) in [7, 11) is 1.55. The molecule has 1 aromatic carbocycles. The molecule has 3 aromatic heterocycles. The zero-order chi connectivity index (χ0) is 21.5. The molecule has 0 amide bonds. The number of aromatic nitrogens is 5. The predicted molar refractivity (Wildman–Crippen MR) is 103 cm³/mol. The third-order valence-corrected chi connectivity index (χ3v) is 4.61. The number of H-pyrrole nitrogens is 1. The van der Waals surface area contributed by atoms with E-state index < -0.39 is 17.9 Å². The summed E-state index contributed by atoms with van der Waals surface area (Å²) in [6.45, 7) is 1.67. The van der Waals surface area contributed by atoms with Gasteiger partial charge in [-0.3, -0.25) is 4.79 Å². The Kier molecular flexibility index (Phi) is 4.76. The number of pyridine rings is 1. The Balaban J connectivity index is 1.74. The maximum atomic E-state index is 12.9. The van der Waals surface area contributed by atoms with Crippen molar-refractivity contribution in [2.24, 2.45) is 0 Å². The van der Waals surface area contributed by atoms with Gasteiger partial charge in [0.2, 0.25) is 0 Å². The third-order valence-electron chi connectivity index (χ3n) is 4.61. The Morgan fingerprint density at radius 1 is 1.10 bits per heavy atom. The number of rotatable bonds is 4. The van der Waals surface area contributed by atoms with Gasteiger partial charge in [-0.25, -0.2) is 14.6 Å². The molecule has 0 fully saturated rings. The summed E-state index contributed by atoms with van der Waals surface area (Å²) in [5, 5.41) is 4.41. The van der Waals surface area contributed by atoms with Crippen LogP contribution in [-0.2, 0) is 6.18 Å². The predicted octanol–water partition coefficient (Wildman–Crippen LogP) is 3.82. The maximum absolute atomic E-state index is 12.9. The van der Waals surface area contributed by atoms with E-state index in [2.05, 4.69) is 20.1 Å². The number of benzene rings is 1. The molecule has 1 atom stereocenters. The fourth-order valence-electron chi connectivity index (χ4n) is 3.02. The molecule has 0 bridgehead atoms. The average Bonchev–Trinajstić information content (AvgIpc) is 3.16. The molecule has 154 valence electrons. The molecular formula is C20H16F3N5O2. The quantitative estimate of drug-likeness (QED) is 0.548. The van der Waals surface area contributed by atoms with Crippen LogP contribution in [0.5, 0.6) is 5.75 Å². The number of hydrogen-bond acceptors (Lipinski definition) is 5. The van der Waals surface area contributed by atoms with Crippen LogP contribution in [0.3, 0.4) is 0 Å². The molecule has 30 heavy (non-hydrogen) atoms. The minimum Gasteiger partial charge on any atom is -0.497 e. The van der Waals surface area contributed by atoms with E-state index in [9.17, 15) is 18.0 Å². The van der Waals surface area contributed by atoms with Gasteiger partial charge in [-0.1, -0.05) is 12.1 Å². The monoisotopic (exact) mass is 415 g/mol. The van der Waals surface area contributed by atoms with Crippen LogP contribution in [-0.4, -0.2) is 31.8 Å². The molecule has 0 saturated carbocycles. The van der Waals surface area contributed by atoms with Gasteiger partial charge < -0.3 is 9.72 Å². The first-order chi connectivity index (χ1) is 14.3. The first kappa shape index (κ1) is 19.6. The SMILES string of the molecule is COc1cccc(-c2ccc(=O)n(C(C)c3nc4nc(C(F)(F)F)ccc4[nH]3)n2)c1. The Morgan fingerprint density at radius 2 is 1.90 bits per heavy atom. The number of imidazole rings is 1. The highest BCUT2D eigenvalue weighted by Crippen LogP contribution is 2.29. The van der Waals surface area contributed by atoms with Crippen molar-refractivity contribution in [2.45, 2.75) is 19.1 Å². The summed E-state index contributed by atoms with van der Waals surface area (Å²) in [6.07, 6.45) is -4.57. The Labute approximate surface area is 168 Å². The molecule has 4 rings (SSSR count). The second-order valence-corrected chi connectivity index (χ2v) is 6.60. The van der Waals surface area contributed by atoms with Crippen LogP contribution < -0.4 is 10.3 Å². The maximum Gasteiger partial charge on any atom is 0.433 e. The fourth-order valence-corrected chi connectivity index (χ4v) is 3.02. The van der Waals surface area contributed by atoms with Gasteiger partial charge in [0, 0.05) is 11.6 Å². The van der Waals surface area contributed by atoms with Crippen LogP contribution in [0.25, 0.3) is 22.4 Å². The summed E-state index contributed by atoms with van der Waals surface area (Å²) >= 11 is 0. The first-order valence-corrected chi connectivity index (χ1v) is 8.94. The molecular weight excluding hydrogens is 399 g/mol. The smallest absolute Gasteiger partial charge is 0.433 e. The molecule has 0 aliphatic carbocycles. The van der Waals surface area contributed by atoms with Crippen molar-refractivity contribution in [3.63, 3.8) is 0 Å². The lowest BCUT2D eigenvalue weighted by molar-refractivity contribution is -0.141. The van der Waals surface area contributed by atoms with Crippen molar-refractivity contribution in [3.8, 4) is 17.0 Å². The first-order valence-electron chi connectivity index (χ1n) is 8.94. The number of nitrogens with zero attached hydrogens (tertiary/aromatic N) is 4. The van der Waals surface area contributed by atoms with Gasteiger partial charge in [-0.2, -0.15) is 18.3 Å². The molecule has 0 aliphatic heterocycles. The van der Waals surface area contributed by atoms with Gasteiger partial charge in [-0.05, 0) is 37.3 Å². The lowest BCUT2D eigenvalue weighted by Gasteiger charge is -2.13. The van der Waals surface area contributed by atoms with Gasteiger partial charge in [-0.15, -0.1) is 0 Å². The van der Waals surface area contributed by atoms with Crippen LogP contribution in [0, 0.1) is 0 Å². The van der Waals surface area contributed by atoms with E-state index in [4.69, 9.17) is 4.74 Å². The van der Waals surface area contributed by atoms with E-state index >= 15 is 0 Å². The third kappa shape index (κ3) is 3.63. The summed E-state index contributed by atoms with van der Waals surface area (Å²) in [4.78, 5) is 23.0. The van der Waals surface area contributed by atoms with E-state index in [1.165, 1.54) is 16.8 Å². The summed E-state index contributed by atoms with van der Waals surface area (Å²) < 4.78 is 45.1. The normalized spacial score (nSPS) is 12.8. The van der Waals surface area contributed by atoms with E-state index in [0.29, 0.717) is 17.0 Å². The number of nitrogens with one attached hydrogen (secondary N) is 1. The summed E-state index contributed by atoms with van der Waals surface area (Å²) in [5.74, 6) is 0.915. The van der Waals surface area contributed by atoms with Crippen molar-refractivity contribution < 1.29 is 17.9 Å². The van der Waals surface area contributed by atoms with Crippen molar-refractivity contribution in [2.75, 3.05) is 7.11 Å². The lowest BCUT2D eigenvalue weighted by atomic mass is 10.1. The molecule has 1 unspecified atom stereocenters. The Morgan fingerprint density at radius 3 is 2.63 bits per heavy atom. The van der Waals surface area contributed by atoms with Crippen molar-refractivity contribution in [1.29, 1.82) is 0 Å². The minimum atomic E-state index is -4.57. The zero-order valence-electron chi connectivity index (χ0n) is 15.9. The fraction of sp³-hybridized carbons (Fsp3) is 0.200. The number of halogens is 3. The highest BCUT2D eigenvalue weighted by Gasteiger charge is 2.33. The van der Waals surface area contributed by atoms with E-state index in [-0.39, 0.29) is 17.0 Å². The number of aromatic amines is 1. The Hall–Kier alpha value is -3.69. The molecule has 0 saturated heterocycles. The number of fused-ring (bicyclic) bond motifs is 1. The molecule has 1 N–H and O–H groups in total. The second kappa shape index (κ2) is 7.29. The van der Waals surface area contributed by atoms with Crippen LogP contribution in [0.2, 0.25) is 0 Å². The van der Waals surface area contributed by atoms with Crippen molar-refractivity contribution in [1.82, 2.24) is 24.7 Å². The largest absolute Gasteiger partial charge is 0.497 e. The van der Waals surface area contributed by atoms with Crippen molar-refractivity contribution >= 4 is 11.2 Å². The van der Waals surface area contributed by atoms with Gasteiger partial charge in [0.1, 0.15) is 23.3 Å². The van der Waals surface area contributed by atoms with E-state index in [1.807, 2.05) is 6.07 Å². The van der Waals surface area contributed by atoms with Crippen LogP contribution in [0.4, 0.5) is 13.2 Å². The molecule has 0 radical (unpaired) electrons. The zero-order valence-corrected chi connectivity index (χ0v) is 15.9. The van der Waals surface area contributed by atoms with Crippen LogP contribution >= 0.6 is 0 Å². The summed E-state index contributed by atoms with van der Waals surface area (Å²) in [6, 6.07) is 11.7. The molecule has 3 heterocycles. The molecule has 0 spiro atoms. The van der Waals surface area contributed by atoms with Gasteiger partial charge in [0.05, 0.1) is 18.3 Å². The number of methoxy groups -OCH3 is 1. The standard InChI is InChI=1S/C20H16F3N5O2/c1-11(18-24-15-6-8-16(20(21,22)23)25-19(15)26-18)28-17(29)9-7-14(27-28)12-4-3-5-13(10-12)30-2/h3-11H,1-2H3,(H,24,25,26). The molecule has 10 heteroatoms. The average molecular weight is 415 g/mol. The second-order valence-electron chi connectivity index (χ2n) is 6.60. The van der Waals surface area contributed by atoms with Gasteiger partial charge in [0.15, 0.2) is 5.65 Å². The van der Waals surface area contributed by atoms with Crippen molar-refractivity contribution in [3.05, 3.63) is 70.4 Å². The Bertz CT molecular complexity index is 1280. The topological polar surface area (TPSA) is 85.7 Å². The van der Waals surface area contributed by atoms with Gasteiger partial charge in [0.25, 0.3) is 5.56 Å². The van der Waals surface area contributed by atoms with Gasteiger partial charge >= 0.3 is 6.18 Å². The van der Waals surface area contributed by atoms with Crippen LogP contribution in [0.15, 0.2) is 53.3 Å². The number of hydrogen-bond donors (Lipinski definition) is 1. The molecule has 0 aliphatic rings. The summed E-state index contributed by atoms with van der Waals surface area (Å²) in [5.41, 5.74) is 0.130. The lowest BCUT2D eigenvalue weighted by Crippen LogP contribution is -2.26. The van der Waals surface area contributed by atoms with Crippen LogP contribution in [0.1, 0.15) is 24.5 Å². The number of ether oxygens (including phenoxy) is 1. The molecule has 7 nitrogen and oxygen atoms in total. The van der Waals surface area contributed by atoms with E-state index in [0.717, 1.165) is 11.6 Å². The van der Waals surface area contributed by atoms with E-state index in [1.54, 1.807) is 38.3 Å².